The van der Waals surface area contributed by atoms with Crippen molar-refractivity contribution in [1.82, 2.24) is 20.5 Å². The largest absolute Gasteiger partial charge is 0.364 e. The first-order chi connectivity index (χ1) is 8.29. The Balaban J connectivity index is 1.96. The van der Waals surface area contributed by atoms with Crippen molar-refractivity contribution in [2.45, 2.75) is 6.54 Å². The number of hydrogen-bond acceptors (Lipinski definition) is 6. The summed E-state index contributed by atoms with van der Waals surface area (Å²) in [6.07, 6.45) is 1.80. The number of hydrogen-bond donors (Lipinski definition) is 2. The maximum absolute atomic E-state index is 11.2. The number of nitrogens with one attached hydrogen (secondary N) is 2. The molecular weight excluding hydrogens is 238 g/mol. The lowest BCUT2D eigenvalue weighted by Gasteiger charge is -2.03. The second-order valence-electron chi connectivity index (χ2n) is 3.20. The number of thiazole rings is 1. The molecule has 2 aromatic heterocycles. The Hall–Kier alpha value is -2.02. The molecule has 2 rings (SSSR count). The first kappa shape index (κ1) is 11.5. The van der Waals surface area contributed by atoms with Crippen LogP contribution < -0.4 is 10.6 Å². The second kappa shape index (κ2) is 5.35. The average Bonchev–Trinajstić information content (AvgIpc) is 2.89. The maximum atomic E-state index is 11.2. The minimum absolute atomic E-state index is 0.244. The highest BCUT2D eigenvalue weighted by atomic mass is 32.1. The molecule has 0 unspecified atom stereocenters. The molecule has 0 atom stereocenters. The van der Waals surface area contributed by atoms with Gasteiger partial charge in [-0.15, -0.1) is 21.5 Å². The standard InChI is InChI=1S/C10H11N5OS/c1-11-10(16)8-2-3-9(15-14-8)13-5-7-4-12-6-17-7/h2-4,6H,5H2,1H3,(H,11,16)(H,13,15). The van der Waals surface area contributed by atoms with Crippen molar-refractivity contribution >= 4 is 23.1 Å². The van der Waals surface area contributed by atoms with E-state index in [1.807, 2.05) is 0 Å². The monoisotopic (exact) mass is 249 g/mol. The fraction of sp³-hybridized carbons (Fsp3) is 0.200. The lowest BCUT2D eigenvalue weighted by atomic mass is 10.3. The summed E-state index contributed by atoms with van der Waals surface area (Å²) in [7, 11) is 1.56. The predicted molar refractivity (Wildman–Crippen MR) is 64.9 cm³/mol. The Morgan fingerprint density at radius 2 is 2.29 bits per heavy atom. The van der Waals surface area contributed by atoms with Crippen molar-refractivity contribution in [2.75, 3.05) is 12.4 Å². The highest BCUT2D eigenvalue weighted by Crippen LogP contribution is 2.08. The third-order valence-corrected chi connectivity index (χ3v) is 2.83. The van der Waals surface area contributed by atoms with E-state index in [1.165, 1.54) is 0 Å². The van der Waals surface area contributed by atoms with Crippen LogP contribution in [0.25, 0.3) is 0 Å². The van der Waals surface area contributed by atoms with E-state index in [1.54, 1.807) is 42.2 Å². The zero-order chi connectivity index (χ0) is 12.1. The quantitative estimate of drug-likeness (QED) is 0.841. The van der Waals surface area contributed by atoms with E-state index in [0.717, 1.165) is 4.88 Å². The Labute approximate surface area is 102 Å². The summed E-state index contributed by atoms with van der Waals surface area (Å²) in [6.45, 7) is 0.651. The molecule has 0 aliphatic heterocycles. The Kier molecular flexibility index (Phi) is 3.61. The summed E-state index contributed by atoms with van der Waals surface area (Å²) in [5.41, 5.74) is 2.08. The smallest absolute Gasteiger partial charge is 0.271 e. The first-order valence-corrected chi connectivity index (χ1v) is 5.84. The van der Waals surface area contributed by atoms with Crippen molar-refractivity contribution in [3.8, 4) is 0 Å². The van der Waals surface area contributed by atoms with Crippen LogP contribution in [0.3, 0.4) is 0 Å². The van der Waals surface area contributed by atoms with Crippen LogP contribution in [0.15, 0.2) is 23.8 Å². The van der Waals surface area contributed by atoms with E-state index < -0.39 is 0 Å². The Bertz CT molecular complexity index is 482. The molecule has 7 heteroatoms. The number of aromatic nitrogens is 3. The van der Waals surface area contributed by atoms with E-state index in [4.69, 9.17) is 0 Å². The van der Waals surface area contributed by atoms with Gasteiger partial charge < -0.3 is 10.6 Å². The van der Waals surface area contributed by atoms with Gasteiger partial charge in [0.05, 0.1) is 12.1 Å². The summed E-state index contributed by atoms with van der Waals surface area (Å²) in [5.74, 6) is 0.387. The van der Waals surface area contributed by atoms with Crippen molar-refractivity contribution < 1.29 is 4.79 Å². The molecular formula is C10H11N5OS. The minimum Gasteiger partial charge on any atom is -0.364 e. The molecule has 2 aromatic rings. The van der Waals surface area contributed by atoms with Gasteiger partial charge in [0.25, 0.3) is 5.91 Å². The number of anilines is 1. The summed E-state index contributed by atoms with van der Waals surface area (Å²) < 4.78 is 0. The van der Waals surface area contributed by atoms with Gasteiger partial charge in [-0.3, -0.25) is 9.78 Å². The molecule has 1 amide bonds. The fourth-order valence-electron chi connectivity index (χ4n) is 1.18. The normalized spacial score (nSPS) is 9.94. The number of carbonyl (C=O) groups is 1. The fourth-order valence-corrected chi connectivity index (χ4v) is 1.72. The molecule has 0 radical (unpaired) electrons. The minimum atomic E-state index is -0.244. The molecule has 0 aliphatic carbocycles. The van der Waals surface area contributed by atoms with Gasteiger partial charge in [0, 0.05) is 18.1 Å². The van der Waals surface area contributed by atoms with Gasteiger partial charge in [-0.05, 0) is 12.1 Å². The maximum Gasteiger partial charge on any atom is 0.271 e. The van der Waals surface area contributed by atoms with E-state index in [0.29, 0.717) is 18.1 Å². The van der Waals surface area contributed by atoms with Crippen molar-refractivity contribution in [3.63, 3.8) is 0 Å². The SMILES string of the molecule is CNC(=O)c1ccc(NCc2cncs2)nn1. The van der Waals surface area contributed by atoms with Gasteiger partial charge in [-0.1, -0.05) is 0 Å². The number of nitrogens with zero attached hydrogens (tertiary/aromatic N) is 3. The molecule has 2 N–H and O–H groups in total. The van der Waals surface area contributed by atoms with Crippen LogP contribution >= 0.6 is 11.3 Å². The molecule has 2 heterocycles. The van der Waals surface area contributed by atoms with Crippen LogP contribution in [0.2, 0.25) is 0 Å². The van der Waals surface area contributed by atoms with Crippen LogP contribution in [-0.4, -0.2) is 28.1 Å². The number of rotatable bonds is 4. The third kappa shape index (κ3) is 2.97. The summed E-state index contributed by atoms with van der Waals surface area (Å²) in [5, 5.41) is 13.3. The molecule has 0 saturated heterocycles. The van der Waals surface area contributed by atoms with Crippen LogP contribution in [0, 0.1) is 0 Å². The van der Waals surface area contributed by atoms with Crippen molar-refractivity contribution in [1.29, 1.82) is 0 Å². The van der Waals surface area contributed by atoms with Crippen molar-refractivity contribution in [2.24, 2.45) is 0 Å². The molecule has 0 aromatic carbocycles. The lowest BCUT2D eigenvalue weighted by molar-refractivity contribution is 0.0957. The van der Waals surface area contributed by atoms with Gasteiger partial charge in [0.2, 0.25) is 0 Å². The van der Waals surface area contributed by atoms with Crippen molar-refractivity contribution in [3.05, 3.63) is 34.4 Å². The highest BCUT2D eigenvalue weighted by molar-refractivity contribution is 7.09. The van der Waals surface area contributed by atoms with Gasteiger partial charge >= 0.3 is 0 Å². The Morgan fingerprint density at radius 3 is 2.88 bits per heavy atom. The second-order valence-corrected chi connectivity index (χ2v) is 4.18. The van der Waals surface area contributed by atoms with Crippen LogP contribution in [-0.2, 0) is 6.54 Å². The molecule has 0 bridgehead atoms. The van der Waals surface area contributed by atoms with Crippen LogP contribution in [0.1, 0.15) is 15.4 Å². The molecule has 0 aliphatic rings. The topological polar surface area (TPSA) is 79.8 Å². The lowest BCUT2D eigenvalue weighted by Crippen LogP contribution is -2.19. The van der Waals surface area contributed by atoms with Gasteiger partial charge in [0.1, 0.15) is 5.82 Å². The summed E-state index contributed by atoms with van der Waals surface area (Å²) in [4.78, 5) is 16.3. The number of amides is 1. The molecule has 0 fully saturated rings. The molecule has 17 heavy (non-hydrogen) atoms. The highest BCUT2D eigenvalue weighted by Gasteiger charge is 2.05. The third-order valence-electron chi connectivity index (χ3n) is 2.05. The van der Waals surface area contributed by atoms with E-state index in [-0.39, 0.29) is 5.91 Å². The molecule has 6 nitrogen and oxygen atoms in total. The predicted octanol–water partition coefficient (Wildman–Crippen LogP) is 0.905. The van der Waals surface area contributed by atoms with E-state index in [9.17, 15) is 4.79 Å². The number of carbonyl (C=O) groups excluding carboxylic acids is 1. The van der Waals surface area contributed by atoms with Gasteiger partial charge in [0.15, 0.2) is 5.69 Å². The molecule has 88 valence electrons. The summed E-state index contributed by atoms with van der Waals surface area (Å²) in [6, 6.07) is 3.35. The zero-order valence-electron chi connectivity index (χ0n) is 9.17. The molecule has 0 saturated carbocycles. The van der Waals surface area contributed by atoms with Crippen LogP contribution in [0.5, 0.6) is 0 Å². The summed E-state index contributed by atoms with van der Waals surface area (Å²) >= 11 is 1.57. The zero-order valence-corrected chi connectivity index (χ0v) is 9.99. The first-order valence-electron chi connectivity index (χ1n) is 4.96. The van der Waals surface area contributed by atoms with E-state index in [2.05, 4.69) is 25.8 Å². The van der Waals surface area contributed by atoms with E-state index >= 15 is 0 Å². The molecule has 0 spiro atoms. The Morgan fingerprint density at radius 1 is 1.41 bits per heavy atom. The average molecular weight is 249 g/mol. The van der Waals surface area contributed by atoms with Crippen LogP contribution in [0.4, 0.5) is 5.82 Å². The van der Waals surface area contributed by atoms with Gasteiger partial charge in [-0.2, -0.15) is 0 Å². The van der Waals surface area contributed by atoms with Gasteiger partial charge in [-0.25, -0.2) is 0 Å².